The van der Waals surface area contributed by atoms with Gasteiger partial charge in [-0.05, 0) is 36.4 Å². The number of aromatic amines is 1. The molecular formula is C21H23N5O2S. The van der Waals surface area contributed by atoms with Crippen molar-refractivity contribution < 1.29 is 4.79 Å². The Kier molecular flexibility index (Phi) is 5.71. The van der Waals surface area contributed by atoms with E-state index in [0.717, 1.165) is 48.7 Å². The summed E-state index contributed by atoms with van der Waals surface area (Å²) in [6.45, 7) is 4.98. The number of nitrogens with one attached hydrogen (secondary N) is 1. The summed E-state index contributed by atoms with van der Waals surface area (Å²) in [5, 5.41) is 3.83. The van der Waals surface area contributed by atoms with E-state index < -0.39 is 0 Å². The van der Waals surface area contributed by atoms with Gasteiger partial charge < -0.3 is 14.8 Å². The third kappa shape index (κ3) is 4.37. The molecule has 150 valence electrons. The molecule has 0 unspecified atom stereocenters. The van der Waals surface area contributed by atoms with Gasteiger partial charge in [0.25, 0.3) is 11.5 Å². The Morgan fingerprint density at radius 3 is 2.83 bits per heavy atom. The molecule has 4 heterocycles. The van der Waals surface area contributed by atoms with Crippen LogP contribution in [-0.4, -0.2) is 51.9 Å². The van der Waals surface area contributed by atoms with Crippen LogP contribution in [0.4, 0.5) is 5.82 Å². The first-order valence-corrected chi connectivity index (χ1v) is 10.7. The lowest BCUT2D eigenvalue weighted by atomic mass is 10.2. The van der Waals surface area contributed by atoms with Crippen molar-refractivity contribution in [1.29, 1.82) is 0 Å². The standard InChI is InChI=1S/C21H23N5O2S/c1-2-17-12-19(27)24-20(23-17)15-4-5-18(22-13-15)25-7-3-8-26(10-9-25)21(28)16-6-11-29-14-16/h4-6,11-14H,2-3,7-10H2,1H3,(H,23,24,27). The molecule has 29 heavy (non-hydrogen) atoms. The van der Waals surface area contributed by atoms with Gasteiger partial charge >= 0.3 is 0 Å². The van der Waals surface area contributed by atoms with Crippen LogP contribution >= 0.6 is 11.3 Å². The van der Waals surface area contributed by atoms with Gasteiger partial charge in [0.05, 0.1) is 5.56 Å². The molecule has 3 aromatic rings. The fourth-order valence-electron chi connectivity index (χ4n) is 3.46. The van der Waals surface area contributed by atoms with Gasteiger partial charge in [0.1, 0.15) is 11.6 Å². The molecule has 1 aliphatic rings. The van der Waals surface area contributed by atoms with Gasteiger partial charge in [0, 0.05) is 55.1 Å². The van der Waals surface area contributed by atoms with E-state index in [1.165, 1.54) is 6.07 Å². The number of thiophene rings is 1. The number of hydrogen-bond donors (Lipinski definition) is 1. The second-order valence-electron chi connectivity index (χ2n) is 6.99. The van der Waals surface area contributed by atoms with Crippen LogP contribution in [0, 0.1) is 0 Å². The normalized spacial score (nSPS) is 14.7. The van der Waals surface area contributed by atoms with Crippen molar-refractivity contribution in [1.82, 2.24) is 19.9 Å². The summed E-state index contributed by atoms with van der Waals surface area (Å²) in [7, 11) is 0. The molecule has 1 saturated heterocycles. The minimum absolute atomic E-state index is 0.0993. The molecule has 1 amide bonds. The Morgan fingerprint density at radius 1 is 1.21 bits per heavy atom. The molecular weight excluding hydrogens is 386 g/mol. The van der Waals surface area contributed by atoms with E-state index >= 15 is 0 Å². The van der Waals surface area contributed by atoms with Crippen molar-refractivity contribution in [3.8, 4) is 11.4 Å². The van der Waals surface area contributed by atoms with E-state index in [1.54, 1.807) is 17.5 Å². The lowest BCUT2D eigenvalue weighted by molar-refractivity contribution is 0.0767. The van der Waals surface area contributed by atoms with Crippen LogP contribution in [0.2, 0.25) is 0 Å². The molecule has 3 aromatic heterocycles. The third-order valence-electron chi connectivity index (χ3n) is 5.05. The number of aryl methyl sites for hydroxylation is 1. The largest absolute Gasteiger partial charge is 0.355 e. The predicted octanol–water partition coefficient (Wildman–Crippen LogP) is 2.81. The summed E-state index contributed by atoms with van der Waals surface area (Å²) >= 11 is 1.54. The summed E-state index contributed by atoms with van der Waals surface area (Å²) in [5.41, 5.74) is 2.15. The highest BCUT2D eigenvalue weighted by Gasteiger charge is 2.21. The van der Waals surface area contributed by atoms with E-state index in [0.29, 0.717) is 18.8 Å². The zero-order valence-electron chi connectivity index (χ0n) is 16.3. The number of amides is 1. The first-order valence-electron chi connectivity index (χ1n) is 9.77. The smallest absolute Gasteiger partial charge is 0.254 e. The molecule has 1 fully saturated rings. The second-order valence-corrected chi connectivity index (χ2v) is 7.77. The van der Waals surface area contributed by atoms with Crippen LogP contribution in [0.5, 0.6) is 0 Å². The maximum Gasteiger partial charge on any atom is 0.254 e. The highest BCUT2D eigenvalue weighted by molar-refractivity contribution is 7.08. The second kappa shape index (κ2) is 8.57. The first-order chi connectivity index (χ1) is 14.1. The Bertz CT molecular complexity index is 1030. The van der Waals surface area contributed by atoms with Crippen molar-refractivity contribution >= 4 is 23.1 Å². The van der Waals surface area contributed by atoms with Gasteiger partial charge in [0.15, 0.2) is 0 Å². The van der Waals surface area contributed by atoms with Gasteiger partial charge in [0.2, 0.25) is 0 Å². The van der Waals surface area contributed by atoms with E-state index in [9.17, 15) is 9.59 Å². The number of nitrogens with zero attached hydrogens (tertiary/aromatic N) is 4. The monoisotopic (exact) mass is 409 g/mol. The van der Waals surface area contributed by atoms with Gasteiger partial charge in [-0.1, -0.05) is 6.92 Å². The number of pyridine rings is 1. The molecule has 1 aliphatic heterocycles. The minimum Gasteiger partial charge on any atom is -0.355 e. The van der Waals surface area contributed by atoms with E-state index in [4.69, 9.17) is 0 Å². The molecule has 7 nitrogen and oxygen atoms in total. The average molecular weight is 410 g/mol. The number of rotatable bonds is 4. The molecule has 1 N–H and O–H groups in total. The highest BCUT2D eigenvalue weighted by Crippen LogP contribution is 2.19. The first kappa shape index (κ1) is 19.3. The summed E-state index contributed by atoms with van der Waals surface area (Å²) in [6.07, 6.45) is 3.34. The summed E-state index contributed by atoms with van der Waals surface area (Å²) in [4.78, 5) is 40.4. The SMILES string of the molecule is CCc1cc(=O)[nH]c(-c2ccc(N3CCCN(C(=O)c4ccsc4)CC3)nc2)n1. The Balaban J connectivity index is 1.46. The maximum absolute atomic E-state index is 12.6. The van der Waals surface area contributed by atoms with Gasteiger partial charge in [-0.3, -0.25) is 9.59 Å². The van der Waals surface area contributed by atoms with Gasteiger partial charge in [-0.2, -0.15) is 11.3 Å². The van der Waals surface area contributed by atoms with Crippen molar-refractivity contribution in [2.45, 2.75) is 19.8 Å². The molecule has 8 heteroatoms. The average Bonchev–Trinajstić information content (AvgIpc) is 3.17. The van der Waals surface area contributed by atoms with E-state index in [2.05, 4.69) is 19.9 Å². The Labute approximate surface area is 173 Å². The molecule has 0 saturated carbocycles. The van der Waals surface area contributed by atoms with Crippen molar-refractivity contribution in [3.05, 3.63) is 62.8 Å². The number of H-pyrrole nitrogens is 1. The van der Waals surface area contributed by atoms with Crippen molar-refractivity contribution in [2.24, 2.45) is 0 Å². The fourth-order valence-corrected chi connectivity index (χ4v) is 4.09. The molecule has 0 aliphatic carbocycles. The van der Waals surface area contributed by atoms with Crippen molar-refractivity contribution in [3.63, 3.8) is 0 Å². The number of aromatic nitrogens is 3. The number of anilines is 1. The molecule has 0 atom stereocenters. The van der Waals surface area contributed by atoms with Crippen LogP contribution in [0.3, 0.4) is 0 Å². The zero-order valence-corrected chi connectivity index (χ0v) is 17.1. The van der Waals surface area contributed by atoms with Crippen molar-refractivity contribution in [2.75, 3.05) is 31.1 Å². The minimum atomic E-state index is -0.154. The van der Waals surface area contributed by atoms with Gasteiger partial charge in [-0.15, -0.1) is 0 Å². The van der Waals surface area contributed by atoms with Crippen LogP contribution in [-0.2, 0) is 6.42 Å². The van der Waals surface area contributed by atoms with Crippen LogP contribution < -0.4 is 10.5 Å². The molecule has 0 radical (unpaired) electrons. The molecule has 0 bridgehead atoms. The van der Waals surface area contributed by atoms with Crippen LogP contribution in [0.25, 0.3) is 11.4 Å². The number of carbonyl (C=O) groups excluding carboxylic acids is 1. The lowest BCUT2D eigenvalue weighted by Crippen LogP contribution is -2.35. The maximum atomic E-state index is 12.6. The van der Waals surface area contributed by atoms with Gasteiger partial charge in [-0.25, -0.2) is 9.97 Å². The molecule has 4 rings (SSSR count). The Hall–Kier alpha value is -3.00. The lowest BCUT2D eigenvalue weighted by Gasteiger charge is -2.22. The van der Waals surface area contributed by atoms with Crippen LogP contribution in [0.1, 0.15) is 29.4 Å². The summed E-state index contributed by atoms with van der Waals surface area (Å²) in [6, 6.07) is 7.27. The summed E-state index contributed by atoms with van der Waals surface area (Å²) < 4.78 is 0. The summed E-state index contributed by atoms with van der Waals surface area (Å²) in [5.74, 6) is 1.51. The zero-order chi connectivity index (χ0) is 20.2. The van der Waals surface area contributed by atoms with E-state index in [1.807, 2.05) is 40.8 Å². The number of hydrogen-bond acceptors (Lipinski definition) is 6. The number of carbonyl (C=O) groups is 1. The third-order valence-corrected chi connectivity index (χ3v) is 5.74. The van der Waals surface area contributed by atoms with E-state index in [-0.39, 0.29) is 11.5 Å². The Morgan fingerprint density at radius 2 is 2.10 bits per heavy atom. The molecule has 0 aromatic carbocycles. The highest BCUT2D eigenvalue weighted by atomic mass is 32.1. The topological polar surface area (TPSA) is 82.2 Å². The van der Waals surface area contributed by atoms with Crippen LogP contribution in [0.15, 0.2) is 46.0 Å². The quantitative estimate of drug-likeness (QED) is 0.717. The predicted molar refractivity (Wildman–Crippen MR) is 115 cm³/mol. The molecule has 0 spiro atoms. The fraction of sp³-hybridized carbons (Fsp3) is 0.333.